The van der Waals surface area contributed by atoms with Gasteiger partial charge in [-0.15, -0.1) is 0 Å². The van der Waals surface area contributed by atoms with Crippen molar-refractivity contribution in [3.63, 3.8) is 0 Å². The lowest BCUT2D eigenvalue weighted by Crippen LogP contribution is -2.36. The van der Waals surface area contributed by atoms with Crippen LogP contribution in [0.25, 0.3) is 0 Å². The minimum Gasteiger partial charge on any atom is -0.464 e. The molecule has 0 aromatic carbocycles. The molecule has 0 amide bonds. The lowest BCUT2D eigenvalue weighted by Gasteiger charge is -2.24. The second-order valence-corrected chi connectivity index (χ2v) is 3.30. The van der Waals surface area contributed by atoms with Crippen LogP contribution in [0.15, 0.2) is 5.16 Å². The highest BCUT2D eigenvalue weighted by molar-refractivity contribution is 6.43. The van der Waals surface area contributed by atoms with E-state index in [-0.39, 0.29) is 5.71 Å². The summed E-state index contributed by atoms with van der Waals surface area (Å²) in [7, 11) is 2.63. The Morgan fingerprint density at radius 1 is 1.41 bits per heavy atom. The number of ether oxygens (including phenoxy) is 2. The number of carbonyl (C=O) groups excluding carboxylic acids is 1. The van der Waals surface area contributed by atoms with Crippen molar-refractivity contribution in [1.29, 1.82) is 0 Å². The first-order valence-corrected chi connectivity index (χ1v) is 5.26. The van der Waals surface area contributed by atoms with E-state index < -0.39 is 5.97 Å². The number of hydrogen-bond donors (Lipinski definition) is 0. The fraction of sp³-hybridized carbons (Fsp3) is 0.636. The van der Waals surface area contributed by atoms with Crippen molar-refractivity contribution < 1.29 is 19.1 Å². The average Bonchev–Trinajstić information content (AvgIpc) is 2.38. The zero-order valence-electron chi connectivity index (χ0n) is 10.1. The van der Waals surface area contributed by atoms with Gasteiger partial charge in [-0.2, -0.15) is 0 Å². The van der Waals surface area contributed by atoms with Crippen molar-refractivity contribution in [1.82, 2.24) is 4.90 Å². The summed E-state index contributed by atoms with van der Waals surface area (Å²) in [4.78, 5) is 17.9. The molecule has 94 valence electrons. The van der Waals surface area contributed by atoms with Crippen LogP contribution in [-0.4, -0.2) is 63.6 Å². The Morgan fingerprint density at radius 2 is 2.12 bits per heavy atom. The van der Waals surface area contributed by atoms with Gasteiger partial charge < -0.3 is 14.3 Å². The first-order valence-electron chi connectivity index (χ1n) is 5.26. The van der Waals surface area contributed by atoms with Crippen molar-refractivity contribution in [2.24, 2.45) is 5.16 Å². The highest BCUT2D eigenvalue weighted by Crippen LogP contribution is 1.94. The molecule has 1 aliphatic heterocycles. The Balaban J connectivity index is 2.49. The van der Waals surface area contributed by atoms with Gasteiger partial charge in [0.2, 0.25) is 5.71 Å². The molecule has 1 heterocycles. The van der Waals surface area contributed by atoms with E-state index >= 15 is 0 Å². The maximum atomic E-state index is 11.2. The van der Waals surface area contributed by atoms with Crippen LogP contribution in [0, 0.1) is 11.8 Å². The zero-order valence-corrected chi connectivity index (χ0v) is 10.1. The summed E-state index contributed by atoms with van der Waals surface area (Å²) in [5.74, 6) is 4.90. The number of esters is 1. The van der Waals surface area contributed by atoms with Gasteiger partial charge in [0.05, 0.1) is 26.9 Å². The molecule has 1 fully saturated rings. The summed E-state index contributed by atoms with van der Waals surface area (Å²) in [5.41, 5.74) is -0.0248. The Bertz CT molecular complexity index is 337. The van der Waals surface area contributed by atoms with Crippen LogP contribution in [0.4, 0.5) is 0 Å². The monoisotopic (exact) mass is 240 g/mol. The van der Waals surface area contributed by atoms with Crippen molar-refractivity contribution >= 4 is 11.7 Å². The molecule has 0 saturated carbocycles. The van der Waals surface area contributed by atoms with E-state index in [0.29, 0.717) is 6.54 Å². The van der Waals surface area contributed by atoms with Gasteiger partial charge in [-0.05, 0) is 5.92 Å². The summed E-state index contributed by atoms with van der Waals surface area (Å²) < 4.78 is 9.74. The highest BCUT2D eigenvalue weighted by atomic mass is 16.6. The molecule has 0 atom stereocenters. The van der Waals surface area contributed by atoms with Crippen LogP contribution in [-0.2, 0) is 19.1 Å². The van der Waals surface area contributed by atoms with Crippen LogP contribution >= 0.6 is 0 Å². The molecule has 1 saturated heterocycles. The minimum atomic E-state index is -0.596. The van der Waals surface area contributed by atoms with Gasteiger partial charge in [0.1, 0.15) is 7.11 Å². The number of hydrogen-bond acceptors (Lipinski definition) is 6. The second-order valence-electron chi connectivity index (χ2n) is 3.30. The lowest BCUT2D eigenvalue weighted by atomic mass is 10.3. The number of methoxy groups -OCH3 is 1. The number of oxime groups is 1. The van der Waals surface area contributed by atoms with Gasteiger partial charge >= 0.3 is 5.97 Å². The second kappa shape index (κ2) is 7.65. The Labute approximate surface area is 100 Å². The molecule has 0 aromatic rings. The molecule has 0 spiro atoms. The minimum absolute atomic E-state index is 0.0248. The summed E-state index contributed by atoms with van der Waals surface area (Å²) in [6, 6.07) is 0. The van der Waals surface area contributed by atoms with E-state index in [1.165, 1.54) is 14.2 Å². The number of nitrogens with zero attached hydrogens (tertiary/aromatic N) is 2. The Kier molecular flexibility index (Phi) is 6.07. The van der Waals surface area contributed by atoms with Crippen molar-refractivity contribution in [3.05, 3.63) is 0 Å². The van der Waals surface area contributed by atoms with E-state index in [1.54, 1.807) is 0 Å². The fourth-order valence-corrected chi connectivity index (χ4v) is 1.29. The van der Waals surface area contributed by atoms with E-state index in [1.807, 2.05) is 0 Å². The summed E-state index contributed by atoms with van der Waals surface area (Å²) >= 11 is 0. The van der Waals surface area contributed by atoms with Crippen LogP contribution in [0.3, 0.4) is 0 Å². The molecule has 17 heavy (non-hydrogen) atoms. The molecule has 0 unspecified atom stereocenters. The topological polar surface area (TPSA) is 60.4 Å². The highest BCUT2D eigenvalue weighted by Gasteiger charge is 2.10. The van der Waals surface area contributed by atoms with Gasteiger partial charge in [-0.25, -0.2) is 4.79 Å². The third-order valence-electron chi connectivity index (χ3n) is 2.17. The van der Waals surface area contributed by atoms with E-state index in [9.17, 15) is 4.79 Å². The summed E-state index contributed by atoms with van der Waals surface area (Å²) in [5, 5.41) is 3.50. The normalized spacial score (nSPS) is 16.9. The summed E-state index contributed by atoms with van der Waals surface area (Å²) in [6.45, 7) is 3.71. The molecule has 0 N–H and O–H groups in total. The fourth-order valence-electron chi connectivity index (χ4n) is 1.29. The molecule has 0 aliphatic carbocycles. The molecule has 6 heteroatoms. The van der Waals surface area contributed by atoms with E-state index in [0.717, 1.165) is 26.3 Å². The van der Waals surface area contributed by atoms with Gasteiger partial charge in [-0.1, -0.05) is 11.1 Å². The van der Waals surface area contributed by atoms with Crippen LogP contribution in [0.5, 0.6) is 0 Å². The third kappa shape index (κ3) is 4.85. The van der Waals surface area contributed by atoms with Crippen LogP contribution in [0.1, 0.15) is 0 Å². The molecule has 0 bridgehead atoms. The van der Waals surface area contributed by atoms with Gasteiger partial charge in [-0.3, -0.25) is 4.90 Å². The smallest absolute Gasteiger partial charge is 0.368 e. The van der Waals surface area contributed by atoms with Crippen molar-refractivity contribution in [3.8, 4) is 11.8 Å². The van der Waals surface area contributed by atoms with Gasteiger partial charge in [0, 0.05) is 13.1 Å². The SMILES string of the molecule is CO/N=C(\C#CCN1CCOCC1)C(=O)OC. The lowest BCUT2D eigenvalue weighted by molar-refractivity contribution is -0.132. The molecule has 1 rings (SSSR count). The van der Waals surface area contributed by atoms with E-state index in [4.69, 9.17) is 4.74 Å². The predicted octanol–water partition coefficient (Wildman–Crippen LogP) is -0.503. The first kappa shape index (κ1) is 13.5. The third-order valence-corrected chi connectivity index (χ3v) is 2.17. The molecule has 0 radical (unpaired) electrons. The number of rotatable bonds is 3. The molecule has 6 nitrogen and oxygen atoms in total. The Hall–Kier alpha value is -1.58. The van der Waals surface area contributed by atoms with E-state index in [2.05, 4.69) is 31.5 Å². The number of morpholine rings is 1. The Morgan fingerprint density at radius 3 is 2.71 bits per heavy atom. The zero-order chi connectivity index (χ0) is 12.5. The molecular weight excluding hydrogens is 224 g/mol. The van der Waals surface area contributed by atoms with Crippen LogP contribution in [0.2, 0.25) is 0 Å². The maximum absolute atomic E-state index is 11.2. The van der Waals surface area contributed by atoms with Gasteiger partial charge in [0.15, 0.2) is 0 Å². The van der Waals surface area contributed by atoms with Crippen LogP contribution < -0.4 is 0 Å². The molecular formula is C11H16N2O4. The molecule has 0 aromatic heterocycles. The van der Waals surface area contributed by atoms with Gasteiger partial charge in [0.25, 0.3) is 0 Å². The quantitative estimate of drug-likeness (QED) is 0.288. The molecule has 1 aliphatic rings. The average molecular weight is 240 g/mol. The summed E-state index contributed by atoms with van der Waals surface area (Å²) in [6.07, 6.45) is 0. The van der Waals surface area contributed by atoms with Crippen molar-refractivity contribution in [2.75, 3.05) is 47.1 Å². The van der Waals surface area contributed by atoms with Crippen molar-refractivity contribution in [2.45, 2.75) is 0 Å². The largest absolute Gasteiger partial charge is 0.464 e. The standard InChI is InChI=1S/C11H16N2O4/c1-15-11(14)10(12-16-2)4-3-5-13-6-8-17-9-7-13/h5-9H2,1-2H3/b12-10+. The number of carbonyl (C=O) groups is 1. The predicted molar refractivity (Wildman–Crippen MR) is 61.5 cm³/mol. The maximum Gasteiger partial charge on any atom is 0.368 e. The first-order chi connectivity index (χ1) is 8.27.